The van der Waals surface area contributed by atoms with Crippen LogP contribution in [0, 0.1) is 17.2 Å². The van der Waals surface area contributed by atoms with E-state index >= 15 is 0 Å². The van der Waals surface area contributed by atoms with Gasteiger partial charge >= 0.3 is 0 Å². The van der Waals surface area contributed by atoms with Gasteiger partial charge in [-0.2, -0.15) is 0 Å². The largest absolute Gasteiger partial charge is 0.399 e. The number of nitrogens with one attached hydrogen (secondary N) is 1. The number of allylic oxidation sites excluding steroid dienone is 2. The zero-order valence-corrected chi connectivity index (χ0v) is 9.72. The molecule has 0 rings (SSSR count). The Morgan fingerprint density at radius 3 is 2.14 bits per heavy atom. The van der Waals surface area contributed by atoms with Crippen molar-refractivity contribution in [3.8, 4) is 0 Å². The molecule has 0 amide bonds. The summed E-state index contributed by atoms with van der Waals surface area (Å²) in [7, 11) is 0. The highest BCUT2D eigenvalue weighted by atomic mass is 14.6. The molecule has 0 aliphatic heterocycles. The topological polar surface area (TPSA) is 49.9 Å². The summed E-state index contributed by atoms with van der Waals surface area (Å²) in [4.78, 5) is 0. The van der Waals surface area contributed by atoms with E-state index in [0.29, 0.717) is 23.2 Å². The monoisotopic (exact) mass is 194 g/mol. The third-order valence-corrected chi connectivity index (χ3v) is 1.78. The first kappa shape index (κ1) is 12.9. The molecule has 0 unspecified atom stereocenters. The summed E-state index contributed by atoms with van der Waals surface area (Å²) in [5.41, 5.74) is 7.57. The van der Waals surface area contributed by atoms with Gasteiger partial charge in [-0.15, -0.1) is 0 Å². The molecule has 2 nitrogen and oxygen atoms in total. The van der Waals surface area contributed by atoms with Crippen LogP contribution in [0.25, 0.3) is 0 Å². The smallest absolute Gasteiger partial charge is 0.0406 e. The summed E-state index contributed by atoms with van der Waals surface area (Å²) in [6.07, 6.45) is 2.77. The predicted molar refractivity (Wildman–Crippen MR) is 63.4 cm³/mol. The maximum atomic E-state index is 7.89. The first-order valence-electron chi connectivity index (χ1n) is 5.09. The molecule has 2 heteroatoms. The molecule has 0 aliphatic carbocycles. The number of hydrogen-bond donors (Lipinski definition) is 2. The van der Waals surface area contributed by atoms with Gasteiger partial charge in [0.05, 0.1) is 0 Å². The van der Waals surface area contributed by atoms with E-state index in [1.165, 1.54) is 0 Å². The quantitative estimate of drug-likeness (QED) is 0.513. The third kappa shape index (κ3) is 4.85. The molecule has 0 aromatic heterocycles. The lowest BCUT2D eigenvalue weighted by atomic mass is 9.96. The van der Waals surface area contributed by atoms with Crippen LogP contribution >= 0.6 is 0 Å². The van der Waals surface area contributed by atoms with Crippen LogP contribution in [0.4, 0.5) is 0 Å². The molecule has 0 fully saturated rings. The van der Waals surface area contributed by atoms with Gasteiger partial charge in [-0.05, 0) is 18.3 Å². The molecular formula is C12H22N2. The molecule has 0 radical (unpaired) electrons. The Balaban J connectivity index is 4.68. The zero-order chi connectivity index (χ0) is 11.3. The summed E-state index contributed by atoms with van der Waals surface area (Å²) < 4.78 is 0. The fourth-order valence-electron chi connectivity index (χ4n) is 1.25. The third-order valence-electron chi connectivity index (χ3n) is 1.78. The van der Waals surface area contributed by atoms with Crippen molar-refractivity contribution in [1.29, 1.82) is 5.41 Å². The molecule has 0 bridgehead atoms. The van der Waals surface area contributed by atoms with E-state index in [9.17, 15) is 0 Å². The van der Waals surface area contributed by atoms with Gasteiger partial charge in [0, 0.05) is 17.0 Å². The molecule has 0 heterocycles. The minimum Gasteiger partial charge on any atom is -0.399 e. The van der Waals surface area contributed by atoms with E-state index in [4.69, 9.17) is 11.1 Å². The van der Waals surface area contributed by atoms with Crippen molar-refractivity contribution in [3.63, 3.8) is 0 Å². The van der Waals surface area contributed by atoms with Gasteiger partial charge in [0.1, 0.15) is 0 Å². The average Bonchev–Trinajstić information content (AvgIpc) is 1.97. The molecule has 14 heavy (non-hydrogen) atoms. The molecular weight excluding hydrogens is 172 g/mol. The Labute approximate surface area is 87.4 Å². The standard InChI is InChI=1S/C12H22N2/c1-8(2)6-11(10(5)13)12(14)7-9(3)4/h6,8-9,14H,5,7,13H2,1-4H3/b11-6+,14-12?. The van der Waals surface area contributed by atoms with Crippen molar-refractivity contribution in [3.05, 3.63) is 23.9 Å². The fraction of sp³-hybridized carbons (Fsp3) is 0.583. The van der Waals surface area contributed by atoms with Crippen molar-refractivity contribution >= 4 is 5.71 Å². The fourth-order valence-corrected chi connectivity index (χ4v) is 1.25. The Kier molecular flexibility index (Phi) is 5.21. The minimum atomic E-state index is 0.401. The first-order valence-corrected chi connectivity index (χ1v) is 5.09. The van der Waals surface area contributed by atoms with Crippen molar-refractivity contribution in [2.75, 3.05) is 0 Å². The second-order valence-corrected chi connectivity index (χ2v) is 4.43. The van der Waals surface area contributed by atoms with Gasteiger partial charge in [-0.3, -0.25) is 0 Å². The first-order chi connectivity index (χ1) is 6.34. The number of rotatable bonds is 5. The van der Waals surface area contributed by atoms with E-state index in [2.05, 4.69) is 34.3 Å². The SMILES string of the molecule is C=C(N)/C(=C\C(C)C)C(=N)CC(C)C. The van der Waals surface area contributed by atoms with Gasteiger partial charge in [-0.1, -0.05) is 40.3 Å². The van der Waals surface area contributed by atoms with Crippen LogP contribution in [0.15, 0.2) is 23.9 Å². The summed E-state index contributed by atoms with van der Waals surface area (Å²) in [5, 5.41) is 7.89. The molecule has 0 aromatic carbocycles. The van der Waals surface area contributed by atoms with Crippen LogP contribution in [0.5, 0.6) is 0 Å². The van der Waals surface area contributed by atoms with Gasteiger partial charge < -0.3 is 11.1 Å². The number of hydrogen-bond acceptors (Lipinski definition) is 2. The molecule has 0 saturated carbocycles. The van der Waals surface area contributed by atoms with Gasteiger partial charge in [0.2, 0.25) is 0 Å². The van der Waals surface area contributed by atoms with Crippen LogP contribution in [0.1, 0.15) is 34.1 Å². The minimum absolute atomic E-state index is 0.401. The Morgan fingerprint density at radius 1 is 1.36 bits per heavy atom. The lowest BCUT2D eigenvalue weighted by Gasteiger charge is -2.12. The summed E-state index contributed by atoms with van der Waals surface area (Å²) >= 11 is 0. The summed E-state index contributed by atoms with van der Waals surface area (Å²) in [5.74, 6) is 0.884. The van der Waals surface area contributed by atoms with Crippen molar-refractivity contribution in [2.24, 2.45) is 17.6 Å². The van der Waals surface area contributed by atoms with Gasteiger partial charge in [0.15, 0.2) is 0 Å². The molecule has 0 aliphatic rings. The van der Waals surface area contributed by atoms with E-state index < -0.39 is 0 Å². The molecule has 0 saturated heterocycles. The lowest BCUT2D eigenvalue weighted by molar-refractivity contribution is 0.681. The highest BCUT2D eigenvalue weighted by Gasteiger charge is 2.09. The van der Waals surface area contributed by atoms with E-state index in [1.54, 1.807) is 0 Å². The van der Waals surface area contributed by atoms with Crippen molar-refractivity contribution in [2.45, 2.75) is 34.1 Å². The highest BCUT2D eigenvalue weighted by Crippen LogP contribution is 2.14. The van der Waals surface area contributed by atoms with Crippen LogP contribution in [0.3, 0.4) is 0 Å². The Morgan fingerprint density at radius 2 is 1.86 bits per heavy atom. The average molecular weight is 194 g/mol. The number of nitrogens with two attached hydrogens (primary N) is 1. The molecule has 0 spiro atoms. The van der Waals surface area contributed by atoms with E-state index in [1.807, 2.05) is 6.08 Å². The molecule has 3 N–H and O–H groups in total. The van der Waals surface area contributed by atoms with Gasteiger partial charge in [-0.25, -0.2) is 0 Å². The molecule has 0 atom stereocenters. The Hall–Kier alpha value is -1.05. The summed E-state index contributed by atoms with van der Waals surface area (Å²) in [6, 6.07) is 0. The second kappa shape index (κ2) is 5.63. The Bertz CT molecular complexity index is 247. The van der Waals surface area contributed by atoms with Crippen molar-refractivity contribution in [1.82, 2.24) is 0 Å². The van der Waals surface area contributed by atoms with E-state index in [-0.39, 0.29) is 0 Å². The highest BCUT2D eigenvalue weighted by molar-refractivity contribution is 6.01. The molecule has 0 aromatic rings. The molecule has 80 valence electrons. The van der Waals surface area contributed by atoms with Crippen molar-refractivity contribution < 1.29 is 0 Å². The van der Waals surface area contributed by atoms with Gasteiger partial charge in [0.25, 0.3) is 0 Å². The van der Waals surface area contributed by atoms with E-state index in [0.717, 1.165) is 12.0 Å². The van der Waals surface area contributed by atoms with Crippen LogP contribution in [-0.2, 0) is 0 Å². The maximum absolute atomic E-state index is 7.89. The zero-order valence-electron chi connectivity index (χ0n) is 9.72. The maximum Gasteiger partial charge on any atom is 0.0406 e. The predicted octanol–water partition coefficient (Wildman–Crippen LogP) is 3.11. The second-order valence-electron chi connectivity index (χ2n) is 4.43. The summed E-state index contributed by atoms with van der Waals surface area (Å²) in [6.45, 7) is 12.1. The van der Waals surface area contributed by atoms with Crippen LogP contribution < -0.4 is 5.73 Å². The van der Waals surface area contributed by atoms with Crippen LogP contribution in [0.2, 0.25) is 0 Å². The van der Waals surface area contributed by atoms with Crippen LogP contribution in [-0.4, -0.2) is 5.71 Å². The normalized spacial score (nSPS) is 12.3. The lowest BCUT2D eigenvalue weighted by Crippen LogP contribution is -2.12.